The topological polar surface area (TPSA) is 38.7 Å². The average molecular weight is 290 g/mol. The van der Waals surface area contributed by atoms with E-state index in [0.717, 1.165) is 17.1 Å². The quantitative estimate of drug-likeness (QED) is 0.910. The van der Waals surface area contributed by atoms with Crippen molar-refractivity contribution in [3.8, 4) is 11.5 Å². The van der Waals surface area contributed by atoms with Crippen LogP contribution in [0.25, 0.3) is 0 Å². The van der Waals surface area contributed by atoms with Crippen LogP contribution in [0.15, 0.2) is 24.3 Å². The standard InChI is InChI=1S/C16H18O3S/c1-9-6-12(10(2)20-9)16-8-14(17)13-7-11(18-3)4-5-15(13)19-16/h4-7,14,16-17H,8H2,1-3H3/t14-,16?/m0/s1. The van der Waals surface area contributed by atoms with Gasteiger partial charge in [0.2, 0.25) is 0 Å². The molecular weight excluding hydrogens is 272 g/mol. The summed E-state index contributed by atoms with van der Waals surface area (Å²) >= 11 is 1.77. The largest absolute Gasteiger partial charge is 0.497 e. The van der Waals surface area contributed by atoms with E-state index < -0.39 is 6.10 Å². The van der Waals surface area contributed by atoms with Crippen LogP contribution in [0.1, 0.15) is 39.5 Å². The molecule has 20 heavy (non-hydrogen) atoms. The van der Waals surface area contributed by atoms with Crippen molar-refractivity contribution < 1.29 is 14.6 Å². The summed E-state index contributed by atoms with van der Waals surface area (Å²) in [5, 5.41) is 10.4. The molecule has 0 bridgehead atoms. The molecule has 1 N–H and O–H groups in total. The highest BCUT2D eigenvalue weighted by molar-refractivity contribution is 7.12. The van der Waals surface area contributed by atoms with Gasteiger partial charge in [-0.2, -0.15) is 0 Å². The molecule has 2 heterocycles. The van der Waals surface area contributed by atoms with Gasteiger partial charge < -0.3 is 14.6 Å². The molecule has 106 valence electrons. The summed E-state index contributed by atoms with van der Waals surface area (Å²) < 4.78 is 11.3. The van der Waals surface area contributed by atoms with Crippen molar-refractivity contribution in [2.45, 2.75) is 32.5 Å². The van der Waals surface area contributed by atoms with E-state index in [-0.39, 0.29) is 6.10 Å². The summed E-state index contributed by atoms with van der Waals surface area (Å²) in [4.78, 5) is 2.53. The lowest BCUT2D eigenvalue weighted by Gasteiger charge is -2.30. The zero-order chi connectivity index (χ0) is 14.3. The Balaban J connectivity index is 1.94. The molecule has 0 saturated heterocycles. The van der Waals surface area contributed by atoms with Crippen LogP contribution in [0.2, 0.25) is 0 Å². The van der Waals surface area contributed by atoms with Crippen molar-refractivity contribution in [1.29, 1.82) is 0 Å². The van der Waals surface area contributed by atoms with Gasteiger partial charge in [-0.1, -0.05) is 0 Å². The van der Waals surface area contributed by atoms with Gasteiger partial charge in [-0.3, -0.25) is 0 Å². The Morgan fingerprint density at radius 2 is 2.05 bits per heavy atom. The highest BCUT2D eigenvalue weighted by Gasteiger charge is 2.29. The van der Waals surface area contributed by atoms with Crippen LogP contribution in [-0.2, 0) is 0 Å². The van der Waals surface area contributed by atoms with Gasteiger partial charge in [-0.15, -0.1) is 11.3 Å². The van der Waals surface area contributed by atoms with Crippen LogP contribution in [0, 0.1) is 13.8 Å². The Morgan fingerprint density at radius 1 is 1.25 bits per heavy atom. The smallest absolute Gasteiger partial charge is 0.128 e. The summed E-state index contributed by atoms with van der Waals surface area (Å²) in [7, 11) is 1.62. The number of hydrogen-bond donors (Lipinski definition) is 1. The number of ether oxygens (including phenoxy) is 2. The molecule has 2 aromatic rings. The summed E-state index contributed by atoms with van der Waals surface area (Å²) in [5.41, 5.74) is 2.00. The van der Waals surface area contributed by atoms with E-state index in [4.69, 9.17) is 9.47 Å². The molecular formula is C16H18O3S. The second-order valence-corrected chi connectivity index (χ2v) is 6.59. The minimum Gasteiger partial charge on any atom is -0.497 e. The van der Waals surface area contributed by atoms with E-state index in [1.165, 1.54) is 15.3 Å². The van der Waals surface area contributed by atoms with Gasteiger partial charge in [0, 0.05) is 27.3 Å². The molecule has 0 amide bonds. The Kier molecular flexibility index (Phi) is 3.44. The molecule has 1 aromatic carbocycles. The molecule has 2 atom stereocenters. The predicted molar refractivity (Wildman–Crippen MR) is 79.7 cm³/mol. The number of aliphatic hydroxyl groups excluding tert-OH is 1. The van der Waals surface area contributed by atoms with E-state index in [1.807, 2.05) is 18.2 Å². The van der Waals surface area contributed by atoms with Gasteiger partial charge >= 0.3 is 0 Å². The first-order valence-electron chi connectivity index (χ1n) is 6.68. The molecule has 1 unspecified atom stereocenters. The number of aryl methyl sites for hydroxylation is 2. The maximum Gasteiger partial charge on any atom is 0.128 e. The van der Waals surface area contributed by atoms with Crippen molar-refractivity contribution >= 4 is 11.3 Å². The third kappa shape index (κ3) is 2.30. The molecule has 1 aliphatic heterocycles. The zero-order valence-corrected chi connectivity index (χ0v) is 12.7. The molecule has 0 aliphatic carbocycles. The third-order valence-corrected chi connectivity index (χ3v) is 4.69. The molecule has 1 aliphatic rings. The first kappa shape index (κ1) is 13.5. The molecule has 3 nitrogen and oxygen atoms in total. The maximum atomic E-state index is 10.4. The number of hydrogen-bond acceptors (Lipinski definition) is 4. The fourth-order valence-electron chi connectivity index (χ4n) is 2.71. The summed E-state index contributed by atoms with van der Waals surface area (Å²) in [5.74, 6) is 1.49. The maximum absolute atomic E-state index is 10.4. The lowest BCUT2D eigenvalue weighted by atomic mass is 9.95. The lowest BCUT2D eigenvalue weighted by molar-refractivity contribution is 0.0654. The van der Waals surface area contributed by atoms with E-state index >= 15 is 0 Å². The van der Waals surface area contributed by atoms with Gasteiger partial charge in [0.15, 0.2) is 0 Å². The molecule has 1 aromatic heterocycles. The van der Waals surface area contributed by atoms with Crippen molar-refractivity contribution in [3.05, 3.63) is 45.1 Å². The van der Waals surface area contributed by atoms with Crippen LogP contribution in [0.5, 0.6) is 11.5 Å². The van der Waals surface area contributed by atoms with Crippen LogP contribution < -0.4 is 9.47 Å². The number of fused-ring (bicyclic) bond motifs is 1. The lowest BCUT2D eigenvalue weighted by Crippen LogP contribution is -2.19. The minimum absolute atomic E-state index is 0.0733. The van der Waals surface area contributed by atoms with Crippen LogP contribution in [0.4, 0.5) is 0 Å². The van der Waals surface area contributed by atoms with Crippen molar-refractivity contribution in [2.24, 2.45) is 0 Å². The second-order valence-electron chi connectivity index (χ2n) is 5.13. The number of benzene rings is 1. The van der Waals surface area contributed by atoms with E-state index in [1.54, 1.807) is 18.4 Å². The molecule has 3 rings (SSSR count). The van der Waals surface area contributed by atoms with Crippen LogP contribution in [0.3, 0.4) is 0 Å². The highest BCUT2D eigenvalue weighted by atomic mass is 32.1. The van der Waals surface area contributed by atoms with Crippen molar-refractivity contribution in [2.75, 3.05) is 7.11 Å². The molecule has 0 fully saturated rings. The van der Waals surface area contributed by atoms with Gasteiger partial charge in [0.1, 0.15) is 17.6 Å². The second kappa shape index (κ2) is 5.11. The van der Waals surface area contributed by atoms with E-state index in [2.05, 4.69) is 19.9 Å². The summed E-state index contributed by atoms with van der Waals surface area (Å²) in [6.45, 7) is 4.20. The molecule has 0 saturated carbocycles. The number of rotatable bonds is 2. The zero-order valence-electron chi connectivity index (χ0n) is 11.8. The van der Waals surface area contributed by atoms with Crippen LogP contribution >= 0.6 is 11.3 Å². The van der Waals surface area contributed by atoms with Gasteiger partial charge in [0.05, 0.1) is 13.2 Å². The Bertz CT molecular complexity index is 633. The third-order valence-electron chi connectivity index (χ3n) is 3.71. The Labute approximate surface area is 122 Å². The average Bonchev–Trinajstić information content (AvgIpc) is 2.77. The first-order chi connectivity index (χ1) is 9.58. The van der Waals surface area contributed by atoms with Gasteiger partial charge in [0.25, 0.3) is 0 Å². The SMILES string of the molecule is COc1ccc2c(c1)[C@@H](O)CC(c1cc(C)sc1C)O2. The Hall–Kier alpha value is -1.52. The van der Waals surface area contributed by atoms with Gasteiger partial charge in [-0.25, -0.2) is 0 Å². The highest BCUT2D eigenvalue weighted by Crippen LogP contribution is 2.43. The number of aliphatic hydroxyl groups is 1. The van der Waals surface area contributed by atoms with E-state index in [0.29, 0.717) is 6.42 Å². The monoisotopic (exact) mass is 290 g/mol. The fourth-order valence-corrected chi connectivity index (χ4v) is 3.69. The first-order valence-corrected chi connectivity index (χ1v) is 7.49. The Morgan fingerprint density at radius 3 is 2.70 bits per heavy atom. The van der Waals surface area contributed by atoms with Crippen molar-refractivity contribution in [3.63, 3.8) is 0 Å². The van der Waals surface area contributed by atoms with Gasteiger partial charge in [-0.05, 0) is 38.1 Å². The normalized spacial score (nSPS) is 21.2. The fraction of sp³-hybridized carbons (Fsp3) is 0.375. The summed E-state index contributed by atoms with van der Waals surface area (Å²) in [6, 6.07) is 7.74. The van der Waals surface area contributed by atoms with Crippen molar-refractivity contribution in [1.82, 2.24) is 0 Å². The summed E-state index contributed by atoms with van der Waals surface area (Å²) in [6.07, 6.45) is -0.00807. The van der Waals surface area contributed by atoms with Crippen LogP contribution in [-0.4, -0.2) is 12.2 Å². The molecule has 0 radical (unpaired) electrons. The molecule has 0 spiro atoms. The van der Waals surface area contributed by atoms with E-state index in [9.17, 15) is 5.11 Å². The number of methoxy groups -OCH3 is 1. The number of thiophene rings is 1. The minimum atomic E-state index is -0.515. The predicted octanol–water partition coefficient (Wildman–Crippen LogP) is 3.93. The molecule has 4 heteroatoms.